The average molecular weight is 372 g/mol. The van der Waals surface area contributed by atoms with Gasteiger partial charge in [-0.05, 0) is 38.0 Å². The third-order valence-corrected chi connectivity index (χ3v) is 4.11. The SMILES string of the molecule is CCOC(=O)CCCN1C(=O)NC(C)(c2cccc(C(F)(F)F)c2)C1=O. The molecule has 0 bridgehead atoms. The molecule has 0 radical (unpaired) electrons. The van der Waals surface area contributed by atoms with Gasteiger partial charge in [0, 0.05) is 13.0 Å². The zero-order valence-corrected chi connectivity index (χ0v) is 14.4. The highest BCUT2D eigenvalue weighted by atomic mass is 19.4. The standard InChI is InChI=1S/C17H19F3N2O4/c1-3-26-13(23)8-5-9-22-14(24)16(2,21-15(22)25)11-6-4-7-12(10-11)17(18,19)20/h4,6-7,10H,3,5,8-9H2,1-2H3,(H,21,25). The number of hydrogen-bond acceptors (Lipinski definition) is 4. The van der Waals surface area contributed by atoms with E-state index < -0.39 is 35.2 Å². The van der Waals surface area contributed by atoms with Crippen LogP contribution >= 0.6 is 0 Å². The summed E-state index contributed by atoms with van der Waals surface area (Å²) in [5.74, 6) is -1.11. The van der Waals surface area contributed by atoms with Gasteiger partial charge in [0.1, 0.15) is 5.54 Å². The fourth-order valence-electron chi connectivity index (χ4n) is 2.72. The molecule has 1 fully saturated rings. The van der Waals surface area contributed by atoms with Crippen molar-refractivity contribution < 1.29 is 32.3 Å². The van der Waals surface area contributed by atoms with Gasteiger partial charge in [0.2, 0.25) is 0 Å². The second kappa shape index (κ2) is 7.35. The van der Waals surface area contributed by atoms with Crippen LogP contribution in [0.15, 0.2) is 24.3 Å². The zero-order chi connectivity index (χ0) is 19.5. The van der Waals surface area contributed by atoms with Crippen molar-refractivity contribution in [3.8, 4) is 0 Å². The number of hydrogen-bond donors (Lipinski definition) is 1. The number of nitrogens with one attached hydrogen (secondary N) is 1. The number of amides is 3. The summed E-state index contributed by atoms with van der Waals surface area (Å²) in [4.78, 5) is 37.0. The van der Waals surface area contributed by atoms with Crippen LogP contribution < -0.4 is 5.32 Å². The molecule has 0 aromatic heterocycles. The van der Waals surface area contributed by atoms with E-state index in [0.717, 1.165) is 17.0 Å². The second-order valence-corrected chi connectivity index (χ2v) is 6.00. The third-order valence-electron chi connectivity index (χ3n) is 4.11. The van der Waals surface area contributed by atoms with Crippen LogP contribution in [0, 0.1) is 0 Å². The lowest BCUT2D eigenvalue weighted by atomic mass is 9.90. The normalized spacial score (nSPS) is 20.3. The molecular formula is C17H19F3N2O4. The Labute approximate surface area is 148 Å². The number of ether oxygens (including phenoxy) is 1. The number of alkyl halides is 3. The van der Waals surface area contributed by atoms with Gasteiger partial charge in [-0.15, -0.1) is 0 Å². The topological polar surface area (TPSA) is 75.7 Å². The smallest absolute Gasteiger partial charge is 0.416 e. The highest BCUT2D eigenvalue weighted by Gasteiger charge is 2.49. The predicted molar refractivity (Wildman–Crippen MR) is 84.9 cm³/mol. The fraction of sp³-hybridized carbons (Fsp3) is 0.471. The lowest BCUT2D eigenvalue weighted by Gasteiger charge is -2.23. The highest BCUT2D eigenvalue weighted by molar-refractivity contribution is 6.07. The first-order chi connectivity index (χ1) is 12.1. The molecular weight excluding hydrogens is 353 g/mol. The first kappa shape index (κ1) is 19.7. The van der Waals surface area contributed by atoms with E-state index in [1.165, 1.54) is 19.1 Å². The molecule has 1 N–H and O–H groups in total. The molecule has 1 atom stereocenters. The van der Waals surface area contributed by atoms with Crippen LogP contribution in [0.2, 0.25) is 0 Å². The van der Waals surface area contributed by atoms with Crippen molar-refractivity contribution in [3.05, 3.63) is 35.4 Å². The van der Waals surface area contributed by atoms with Gasteiger partial charge in [0.15, 0.2) is 0 Å². The van der Waals surface area contributed by atoms with E-state index in [4.69, 9.17) is 4.74 Å². The van der Waals surface area contributed by atoms with Gasteiger partial charge in [0.05, 0.1) is 12.2 Å². The van der Waals surface area contributed by atoms with Crippen LogP contribution in [-0.4, -0.2) is 36.0 Å². The largest absolute Gasteiger partial charge is 0.466 e. The van der Waals surface area contributed by atoms with Crippen LogP contribution in [0.25, 0.3) is 0 Å². The number of carbonyl (C=O) groups is 3. The van der Waals surface area contributed by atoms with Gasteiger partial charge < -0.3 is 10.1 Å². The van der Waals surface area contributed by atoms with Crippen molar-refractivity contribution in [1.82, 2.24) is 10.2 Å². The molecule has 0 saturated carbocycles. The molecule has 3 amide bonds. The highest BCUT2D eigenvalue weighted by Crippen LogP contribution is 2.34. The number of urea groups is 1. The van der Waals surface area contributed by atoms with Crippen molar-refractivity contribution >= 4 is 17.9 Å². The lowest BCUT2D eigenvalue weighted by molar-refractivity contribution is -0.143. The van der Waals surface area contributed by atoms with Crippen molar-refractivity contribution in [3.63, 3.8) is 0 Å². The number of nitrogens with zero attached hydrogens (tertiary/aromatic N) is 1. The molecule has 0 aliphatic carbocycles. The minimum absolute atomic E-state index is 0.0297. The summed E-state index contributed by atoms with van der Waals surface area (Å²) in [7, 11) is 0. The number of esters is 1. The Morgan fingerprint density at radius 1 is 1.31 bits per heavy atom. The minimum Gasteiger partial charge on any atom is -0.466 e. The number of benzene rings is 1. The zero-order valence-electron chi connectivity index (χ0n) is 14.4. The Morgan fingerprint density at radius 3 is 2.62 bits per heavy atom. The number of rotatable bonds is 6. The molecule has 1 saturated heterocycles. The van der Waals surface area contributed by atoms with Gasteiger partial charge >= 0.3 is 18.2 Å². The second-order valence-electron chi connectivity index (χ2n) is 6.00. The average Bonchev–Trinajstić information content (AvgIpc) is 2.78. The molecule has 2 rings (SSSR count). The maximum atomic E-state index is 12.9. The quantitative estimate of drug-likeness (QED) is 0.615. The lowest BCUT2D eigenvalue weighted by Crippen LogP contribution is -2.41. The molecule has 1 unspecified atom stereocenters. The van der Waals surface area contributed by atoms with Crippen molar-refractivity contribution in [2.24, 2.45) is 0 Å². The van der Waals surface area contributed by atoms with E-state index in [2.05, 4.69) is 5.32 Å². The summed E-state index contributed by atoms with van der Waals surface area (Å²) in [5.41, 5.74) is -2.46. The fourth-order valence-corrected chi connectivity index (χ4v) is 2.72. The summed E-state index contributed by atoms with van der Waals surface area (Å²) in [6.45, 7) is 3.22. The van der Waals surface area contributed by atoms with E-state index >= 15 is 0 Å². The van der Waals surface area contributed by atoms with Crippen molar-refractivity contribution in [2.75, 3.05) is 13.2 Å². The molecule has 1 aliphatic rings. The van der Waals surface area contributed by atoms with Crippen LogP contribution in [-0.2, 0) is 26.0 Å². The molecule has 6 nitrogen and oxygen atoms in total. The van der Waals surface area contributed by atoms with Gasteiger partial charge in [-0.1, -0.05) is 12.1 Å². The monoisotopic (exact) mass is 372 g/mol. The molecule has 1 aliphatic heterocycles. The Morgan fingerprint density at radius 2 is 2.00 bits per heavy atom. The minimum atomic E-state index is -4.56. The molecule has 1 heterocycles. The van der Waals surface area contributed by atoms with Gasteiger partial charge in [0.25, 0.3) is 5.91 Å². The van der Waals surface area contributed by atoms with E-state index in [9.17, 15) is 27.6 Å². The summed E-state index contributed by atoms with van der Waals surface area (Å²) < 4.78 is 43.5. The molecule has 9 heteroatoms. The maximum Gasteiger partial charge on any atom is 0.416 e. The van der Waals surface area contributed by atoms with E-state index in [1.54, 1.807) is 6.92 Å². The number of halogens is 3. The molecule has 26 heavy (non-hydrogen) atoms. The van der Waals surface area contributed by atoms with E-state index in [-0.39, 0.29) is 31.6 Å². The summed E-state index contributed by atoms with van der Waals surface area (Å²) in [6.07, 6.45) is -4.32. The molecule has 142 valence electrons. The van der Waals surface area contributed by atoms with E-state index in [1.807, 2.05) is 0 Å². The first-order valence-electron chi connectivity index (χ1n) is 8.07. The summed E-state index contributed by atoms with van der Waals surface area (Å²) in [6, 6.07) is 3.58. The van der Waals surface area contributed by atoms with Crippen LogP contribution in [0.4, 0.5) is 18.0 Å². The molecule has 0 spiro atoms. The van der Waals surface area contributed by atoms with Crippen LogP contribution in [0.3, 0.4) is 0 Å². The molecule has 1 aromatic rings. The third kappa shape index (κ3) is 3.97. The van der Waals surface area contributed by atoms with Crippen molar-refractivity contribution in [1.29, 1.82) is 0 Å². The number of carbonyl (C=O) groups excluding carboxylic acids is 3. The Kier molecular flexibility index (Phi) is 5.58. The Bertz CT molecular complexity index is 720. The summed E-state index contributed by atoms with van der Waals surface area (Å²) in [5, 5.41) is 2.44. The number of imide groups is 1. The van der Waals surface area contributed by atoms with Gasteiger partial charge in [-0.2, -0.15) is 13.2 Å². The molecule has 1 aromatic carbocycles. The van der Waals surface area contributed by atoms with Gasteiger partial charge in [-0.3, -0.25) is 14.5 Å². The van der Waals surface area contributed by atoms with Crippen molar-refractivity contribution in [2.45, 2.75) is 38.4 Å². The maximum absolute atomic E-state index is 12.9. The van der Waals surface area contributed by atoms with E-state index in [0.29, 0.717) is 0 Å². The summed E-state index contributed by atoms with van der Waals surface area (Å²) >= 11 is 0. The predicted octanol–water partition coefficient (Wildman–Crippen LogP) is 2.82. The van der Waals surface area contributed by atoms with Crippen LogP contribution in [0.5, 0.6) is 0 Å². The van der Waals surface area contributed by atoms with Gasteiger partial charge in [-0.25, -0.2) is 4.79 Å². The Hall–Kier alpha value is -2.58. The Balaban J connectivity index is 2.15. The van der Waals surface area contributed by atoms with Crippen LogP contribution in [0.1, 0.15) is 37.8 Å². The first-order valence-corrected chi connectivity index (χ1v) is 8.07.